The lowest BCUT2D eigenvalue weighted by atomic mass is 10.0. The van der Waals surface area contributed by atoms with Gasteiger partial charge in [-0.1, -0.05) is 20.8 Å². The van der Waals surface area contributed by atoms with Crippen molar-refractivity contribution in [3.63, 3.8) is 0 Å². The Morgan fingerprint density at radius 1 is 1.18 bits per heavy atom. The van der Waals surface area contributed by atoms with E-state index >= 15 is 0 Å². The largest absolute Gasteiger partial charge is 0.317 e. The summed E-state index contributed by atoms with van der Waals surface area (Å²) in [4.78, 5) is 0. The molecule has 4 nitrogen and oxygen atoms in total. The molecule has 5 heteroatoms. The molecule has 0 aromatic carbocycles. The molecule has 1 heterocycles. The highest BCUT2D eigenvalue weighted by Gasteiger charge is 2.33. The third kappa shape index (κ3) is 4.56. The van der Waals surface area contributed by atoms with Crippen molar-refractivity contribution in [1.82, 2.24) is 9.62 Å². The van der Waals surface area contributed by atoms with Crippen molar-refractivity contribution < 1.29 is 8.42 Å². The fourth-order valence-electron chi connectivity index (χ4n) is 2.14. The van der Waals surface area contributed by atoms with Crippen LogP contribution in [-0.4, -0.2) is 44.7 Å². The fraction of sp³-hybridized carbons (Fsp3) is 1.00. The number of nitrogens with zero attached hydrogens (tertiary/aromatic N) is 1. The average molecular weight is 262 g/mol. The fourth-order valence-corrected chi connectivity index (χ4v) is 3.90. The Kier molecular flexibility index (Phi) is 5.89. The first-order valence-electron chi connectivity index (χ1n) is 6.66. The van der Waals surface area contributed by atoms with Gasteiger partial charge in [0.2, 0.25) is 10.0 Å². The van der Waals surface area contributed by atoms with Gasteiger partial charge in [0.1, 0.15) is 0 Å². The Hall–Kier alpha value is -0.130. The molecule has 17 heavy (non-hydrogen) atoms. The molecule has 1 fully saturated rings. The molecule has 0 bridgehead atoms. The summed E-state index contributed by atoms with van der Waals surface area (Å²) in [6, 6.07) is 0. The number of hydrogen-bond acceptors (Lipinski definition) is 3. The van der Waals surface area contributed by atoms with Gasteiger partial charge in [-0.3, -0.25) is 0 Å². The van der Waals surface area contributed by atoms with Crippen LogP contribution in [0.1, 0.15) is 33.6 Å². The zero-order valence-electron chi connectivity index (χ0n) is 11.3. The molecular formula is C12H26N2O2S. The molecule has 1 rings (SSSR count). The van der Waals surface area contributed by atoms with Gasteiger partial charge in [-0.25, -0.2) is 12.7 Å². The lowest BCUT2D eigenvalue weighted by Crippen LogP contribution is -2.31. The van der Waals surface area contributed by atoms with Crippen molar-refractivity contribution in [3.8, 4) is 0 Å². The molecule has 2 atom stereocenters. The highest BCUT2D eigenvalue weighted by Crippen LogP contribution is 2.24. The van der Waals surface area contributed by atoms with E-state index in [1.165, 1.54) is 0 Å². The van der Waals surface area contributed by atoms with Crippen LogP contribution in [0, 0.1) is 11.8 Å². The Balaban J connectivity index is 2.31. The number of rotatable bonds is 7. The van der Waals surface area contributed by atoms with Gasteiger partial charge in [-0.15, -0.1) is 0 Å². The second-order valence-corrected chi connectivity index (χ2v) is 7.24. The third-order valence-corrected chi connectivity index (χ3v) is 5.49. The maximum Gasteiger partial charge on any atom is 0.214 e. The van der Waals surface area contributed by atoms with Gasteiger partial charge in [-0.2, -0.15) is 0 Å². The smallest absolute Gasteiger partial charge is 0.214 e. The predicted molar refractivity (Wildman–Crippen MR) is 71.5 cm³/mol. The molecule has 2 unspecified atom stereocenters. The van der Waals surface area contributed by atoms with Gasteiger partial charge in [-0.05, 0) is 37.8 Å². The van der Waals surface area contributed by atoms with E-state index in [1.807, 2.05) is 0 Å². The third-order valence-electron chi connectivity index (χ3n) is 3.60. The van der Waals surface area contributed by atoms with Crippen LogP contribution in [-0.2, 0) is 10.0 Å². The van der Waals surface area contributed by atoms with Crippen molar-refractivity contribution in [2.24, 2.45) is 11.8 Å². The minimum absolute atomic E-state index is 0.303. The van der Waals surface area contributed by atoms with Gasteiger partial charge < -0.3 is 5.32 Å². The quantitative estimate of drug-likeness (QED) is 0.704. The maximum atomic E-state index is 12.1. The zero-order chi connectivity index (χ0) is 12.9. The average Bonchev–Trinajstić information content (AvgIpc) is 2.60. The summed E-state index contributed by atoms with van der Waals surface area (Å²) < 4.78 is 25.8. The van der Waals surface area contributed by atoms with E-state index in [4.69, 9.17) is 0 Å². The summed E-state index contributed by atoms with van der Waals surface area (Å²) in [6.45, 7) is 9.60. The molecule has 0 radical (unpaired) electrons. The first-order valence-corrected chi connectivity index (χ1v) is 8.26. The number of sulfonamides is 1. The first kappa shape index (κ1) is 14.9. The second-order valence-electron chi connectivity index (χ2n) is 5.15. The SMILES string of the molecule is CCNCCCCS(=O)(=O)N1CC(C)C(C)C1. The van der Waals surface area contributed by atoms with E-state index in [0.29, 0.717) is 30.7 Å². The van der Waals surface area contributed by atoms with Crippen LogP contribution in [0.15, 0.2) is 0 Å². The summed E-state index contributed by atoms with van der Waals surface area (Å²) in [5.74, 6) is 1.29. The molecule has 1 aliphatic heterocycles. The van der Waals surface area contributed by atoms with Crippen LogP contribution in [0.3, 0.4) is 0 Å². The number of nitrogens with one attached hydrogen (secondary N) is 1. The molecule has 1 aliphatic rings. The lowest BCUT2D eigenvalue weighted by molar-refractivity contribution is 0.461. The van der Waals surface area contributed by atoms with Crippen LogP contribution in [0.5, 0.6) is 0 Å². The molecule has 0 aromatic heterocycles. The van der Waals surface area contributed by atoms with Crippen LogP contribution in [0.25, 0.3) is 0 Å². The molecule has 0 spiro atoms. The van der Waals surface area contributed by atoms with Crippen molar-refractivity contribution in [3.05, 3.63) is 0 Å². The second kappa shape index (κ2) is 6.71. The summed E-state index contributed by atoms with van der Waals surface area (Å²) >= 11 is 0. The highest BCUT2D eigenvalue weighted by molar-refractivity contribution is 7.89. The predicted octanol–water partition coefficient (Wildman–Crippen LogP) is 1.29. The van der Waals surface area contributed by atoms with Crippen LogP contribution in [0.4, 0.5) is 0 Å². The van der Waals surface area contributed by atoms with Crippen LogP contribution in [0.2, 0.25) is 0 Å². The number of hydrogen-bond donors (Lipinski definition) is 1. The van der Waals surface area contributed by atoms with Crippen LogP contribution >= 0.6 is 0 Å². The van der Waals surface area contributed by atoms with Gasteiger partial charge in [0.05, 0.1) is 5.75 Å². The molecule has 1 N–H and O–H groups in total. The summed E-state index contributed by atoms with van der Waals surface area (Å²) in [5.41, 5.74) is 0. The van der Waals surface area contributed by atoms with Crippen LogP contribution < -0.4 is 5.32 Å². The first-order chi connectivity index (χ1) is 7.97. The van der Waals surface area contributed by atoms with E-state index in [9.17, 15) is 8.42 Å². The lowest BCUT2D eigenvalue weighted by Gasteiger charge is -2.15. The summed E-state index contributed by atoms with van der Waals surface area (Å²) in [6.07, 6.45) is 1.70. The molecule has 0 aromatic rings. The van der Waals surface area contributed by atoms with E-state index in [-0.39, 0.29) is 0 Å². The molecule has 102 valence electrons. The monoisotopic (exact) mass is 262 g/mol. The van der Waals surface area contributed by atoms with Crippen molar-refractivity contribution in [1.29, 1.82) is 0 Å². The standard InChI is InChI=1S/C12H26N2O2S/c1-4-13-7-5-6-8-17(15,16)14-9-11(2)12(3)10-14/h11-13H,4-10H2,1-3H3. The number of unbranched alkanes of at least 4 members (excludes halogenated alkanes) is 1. The molecule has 0 amide bonds. The van der Waals surface area contributed by atoms with Gasteiger partial charge in [0.25, 0.3) is 0 Å². The zero-order valence-corrected chi connectivity index (χ0v) is 12.1. The normalized spacial score (nSPS) is 26.5. The van der Waals surface area contributed by atoms with Gasteiger partial charge >= 0.3 is 0 Å². The van der Waals surface area contributed by atoms with Crippen molar-refractivity contribution in [2.45, 2.75) is 33.6 Å². The van der Waals surface area contributed by atoms with E-state index < -0.39 is 10.0 Å². The molecule has 0 aliphatic carbocycles. The molecule has 0 saturated carbocycles. The Labute approximate surface area is 106 Å². The van der Waals surface area contributed by atoms with Gasteiger partial charge in [0, 0.05) is 13.1 Å². The minimum Gasteiger partial charge on any atom is -0.317 e. The molecular weight excluding hydrogens is 236 g/mol. The molecule has 1 saturated heterocycles. The van der Waals surface area contributed by atoms with E-state index in [2.05, 4.69) is 26.1 Å². The highest BCUT2D eigenvalue weighted by atomic mass is 32.2. The van der Waals surface area contributed by atoms with E-state index in [0.717, 1.165) is 25.9 Å². The Morgan fingerprint density at radius 2 is 1.76 bits per heavy atom. The maximum absolute atomic E-state index is 12.1. The summed E-state index contributed by atoms with van der Waals surface area (Å²) in [7, 11) is -3.01. The van der Waals surface area contributed by atoms with E-state index in [1.54, 1.807) is 4.31 Å². The Morgan fingerprint density at radius 3 is 2.29 bits per heavy atom. The summed E-state index contributed by atoms with van der Waals surface area (Å²) in [5, 5.41) is 3.21. The van der Waals surface area contributed by atoms with Crippen molar-refractivity contribution in [2.75, 3.05) is 31.9 Å². The Bertz CT molecular complexity index is 306. The van der Waals surface area contributed by atoms with Crippen molar-refractivity contribution >= 4 is 10.0 Å². The topological polar surface area (TPSA) is 49.4 Å². The van der Waals surface area contributed by atoms with Gasteiger partial charge in [0.15, 0.2) is 0 Å². The minimum atomic E-state index is -3.01.